The van der Waals surface area contributed by atoms with Crippen LogP contribution < -0.4 is 5.32 Å². The number of hydrogen-bond donors (Lipinski definition) is 2. The molecule has 0 bridgehead atoms. The Hall–Kier alpha value is -1.36. The molecular weight excluding hydrogens is 208 g/mol. The topological polar surface area (TPSA) is 69.6 Å². The summed E-state index contributed by atoms with van der Waals surface area (Å²) in [6, 6.07) is 0. The van der Waals surface area contributed by atoms with E-state index in [1.165, 1.54) is 0 Å². The molecule has 1 atom stereocenters. The minimum absolute atomic E-state index is 0.0778. The average molecular weight is 226 g/mol. The van der Waals surface area contributed by atoms with Gasteiger partial charge in [0.05, 0.1) is 12.5 Å². The van der Waals surface area contributed by atoms with E-state index >= 15 is 0 Å². The van der Waals surface area contributed by atoms with Crippen LogP contribution in [0.3, 0.4) is 0 Å². The Balaban J connectivity index is 2.33. The summed E-state index contributed by atoms with van der Waals surface area (Å²) in [5, 5.41) is 11.6. The molecule has 0 saturated carbocycles. The zero-order valence-corrected chi connectivity index (χ0v) is 9.32. The molecule has 1 unspecified atom stereocenters. The van der Waals surface area contributed by atoms with Gasteiger partial charge in [0, 0.05) is 13.1 Å². The van der Waals surface area contributed by atoms with Crippen molar-refractivity contribution in [2.24, 2.45) is 5.92 Å². The monoisotopic (exact) mass is 226 g/mol. The van der Waals surface area contributed by atoms with Gasteiger partial charge in [-0.3, -0.25) is 14.5 Å². The van der Waals surface area contributed by atoms with E-state index in [2.05, 4.69) is 11.9 Å². The van der Waals surface area contributed by atoms with Crippen LogP contribution in [0.25, 0.3) is 0 Å². The van der Waals surface area contributed by atoms with E-state index in [1.807, 2.05) is 4.90 Å². The molecule has 16 heavy (non-hydrogen) atoms. The first kappa shape index (κ1) is 12.7. The lowest BCUT2D eigenvalue weighted by molar-refractivity contribution is -0.144. The number of rotatable bonds is 5. The van der Waals surface area contributed by atoms with Crippen molar-refractivity contribution in [2.75, 3.05) is 26.2 Å². The lowest BCUT2D eigenvalue weighted by atomic mass is 9.98. The Kier molecular flexibility index (Phi) is 4.98. The third-order valence-corrected chi connectivity index (χ3v) is 2.67. The highest BCUT2D eigenvalue weighted by Gasteiger charge is 2.26. The highest BCUT2D eigenvalue weighted by molar-refractivity contribution is 5.78. The molecule has 1 rings (SSSR count). The number of nitrogens with zero attached hydrogens (tertiary/aromatic N) is 1. The molecule has 0 aliphatic carbocycles. The Bertz CT molecular complexity index is 278. The lowest BCUT2D eigenvalue weighted by Crippen LogP contribution is -2.44. The summed E-state index contributed by atoms with van der Waals surface area (Å²) in [5.74, 6) is -1.18. The van der Waals surface area contributed by atoms with Crippen LogP contribution in [0.4, 0.5) is 0 Å². The predicted octanol–water partition coefficient (Wildman–Crippen LogP) is 0.0852. The molecule has 1 aliphatic heterocycles. The van der Waals surface area contributed by atoms with Gasteiger partial charge in [0.2, 0.25) is 5.91 Å². The van der Waals surface area contributed by atoms with Crippen LogP contribution in [-0.2, 0) is 9.59 Å². The van der Waals surface area contributed by atoms with Gasteiger partial charge in [-0.05, 0) is 19.4 Å². The van der Waals surface area contributed by atoms with Gasteiger partial charge in [0.25, 0.3) is 0 Å². The minimum atomic E-state index is -0.767. The SMILES string of the molecule is C=CCNC(=O)CN1CCCC(C(=O)O)C1. The fraction of sp³-hybridized carbons (Fsp3) is 0.636. The van der Waals surface area contributed by atoms with Crippen LogP contribution in [0, 0.1) is 5.92 Å². The summed E-state index contributed by atoms with van der Waals surface area (Å²) in [6.07, 6.45) is 3.17. The van der Waals surface area contributed by atoms with Crippen molar-refractivity contribution in [3.63, 3.8) is 0 Å². The Labute approximate surface area is 95.1 Å². The fourth-order valence-electron chi connectivity index (χ4n) is 1.85. The van der Waals surface area contributed by atoms with Gasteiger partial charge in [-0.15, -0.1) is 6.58 Å². The largest absolute Gasteiger partial charge is 0.481 e. The molecule has 0 aromatic heterocycles. The predicted molar refractivity (Wildman–Crippen MR) is 60.0 cm³/mol. The lowest BCUT2D eigenvalue weighted by Gasteiger charge is -2.29. The van der Waals surface area contributed by atoms with Crippen molar-refractivity contribution in [1.29, 1.82) is 0 Å². The van der Waals surface area contributed by atoms with Crippen LogP contribution in [0.5, 0.6) is 0 Å². The maximum atomic E-state index is 11.4. The van der Waals surface area contributed by atoms with Gasteiger partial charge in [0.1, 0.15) is 0 Å². The minimum Gasteiger partial charge on any atom is -0.481 e. The third-order valence-electron chi connectivity index (χ3n) is 2.67. The van der Waals surface area contributed by atoms with Gasteiger partial charge >= 0.3 is 5.97 Å². The fourth-order valence-corrected chi connectivity index (χ4v) is 1.85. The number of carboxylic acids is 1. The number of nitrogens with one attached hydrogen (secondary N) is 1. The molecule has 0 spiro atoms. The summed E-state index contributed by atoms with van der Waals surface area (Å²) in [5.41, 5.74) is 0. The van der Waals surface area contributed by atoms with Gasteiger partial charge in [-0.25, -0.2) is 0 Å². The van der Waals surface area contributed by atoms with Crippen molar-refractivity contribution in [3.05, 3.63) is 12.7 Å². The van der Waals surface area contributed by atoms with Crippen LogP contribution in [-0.4, -0.2) is 48.1 Å². The van der Waals surface area contributed by atoms with Gasteiger partial charge in [-0.2, -0.15) is 0 Å². The quantitative estimate of drug-likeness (QED) is 0.652. The molecule has 5 nitrogen and oxygen atoms in total. The van der Waals surface area contributed by atoms with Crippen molar-refractivity contribution in [2.45, 2.75) is 12.8 Å². The number of piperidine rings is 1. The van der Waals surface area contributed by atoms with Gasteiger partial charge in [-0.1, -0.05) is 6.08 Å². The number of carbonyl (C=O) groups excluding carboxylic acids is 1. The normalized spacial score (nSPS) is 21.4. The smallest absolute Gasteiger partial charge is 0.307 e. The van der Waals surface area contributed by atoms with Crippen molar-refractivity contribution in [1.82, 2.24) is 10.2 Å². The summed E-state index contributed by atoms with van der Waals surface area (Å²) in [7, 11) is 0. The number of likely N-dealkylation sites (tertiary alicyclic amines) is 1. The van der Waals surface area contributed by atoms with Crippen LogP contribution in [0.1, 0.15) is 12.8 Å². The Morgan fingerprint density at radius 3 is 2.94 bits per heavy atom. The molecule has 5 heteroatoms. The van der Waals surface area contributed by atoms with E-state index in [1.54, 1.807) is 6.08 Å². The van der Waals surface area contributed by atoms with E-state index in [0.717, 1.165) is 13.0 Å². The summed E-state index contributed by atoms with van der Waals surface area (Å²) in [4.78, 5) is 24.1. The summed E-state index contributed by atoms with van der Waals surface area (Å²) in [6.45, 7) is 5.50. The van der Waals surface area contributed by atoms with E-state index in [9.17, 15) is 9.59 Å². The molecule has 1 heterocycles. The number of hydrogen-bond acceptors (Lipinski definition) is 3. The van der Waals surface area contributed by atoms with Gasteiger partial charge < -0.3 is 10.4 Å². The van der Waals surface area contributed by atoms with Crippen LogP contribution >= 0.6 is 0 Å². The van der Waals surface area contributed by atoms with Crippen molar-refractivity contribution in [3.8, 4) is 0 Å². The molecule has 90 valence electrons. The maximum absolute atomic E-state index is 11.4. The Morgan fingerprint density at radius 1 is 1.56 bits per heavy atom. The molecule has 1 saturated heterocycles. The van der Waals surface area contributed by atoms with Crippen LogP contribution in [0.15, 0.2) is 12.7 Å². The molecule has 0 radical (unpaired) electrons. The molecule has 2 N–H and O–H groups in total. The highest BCUT2D eigenvalue weighted by Crippen LogP contribution is 2.15. The maximum Gasteiger partial charge on any atom is 0.307 e. The summed E-state index contributed by atoms with van der Waals surface area (Å²) >= 11 is 0. The number of carbonyl (C=O) groups is 2. The molecule has 1 aliphatic rings. The van der Waals surface area contributed by atoms with E-state index in [4.69, 9.17) is 5.11 Å². The molecule has 0 aromatic rings. The second-order valence-electron chi connectivity index (χ2n) is 4.01. The first-order valence-corrected chi connectivity index (χ1v) is 5.46. The van der Waals surface area contributed by atoms with E-state index in [0.29, 0.717) is 19.5 Å². The zero-order valence-electron chi connectivity index (χ0n) is 9.32. The third kappa shape index (κ3) is 4.02. The highest BCUT2D eigenvalue weighted by atomic mass is 16.4. The second-order valence-corrected chi connectivity index (χ2v) is 4.01. The average Bonchev–Trinajstić information content (AvgIpc) is 2.26. The number of aliphatic carboxylic acids is 1. The van der Waals surface area contributed by atoms with Crippen LogP contribution in [0.2, 0.25) is 0 Å². The van der Waals surface area contributed by atoms with Crippen molar-refractivity contribution < 1.29 is 14.7 Å². The van der Waals surface area contributed by atoms with Gasteiger partial charge in [0.15, 0.2) is 0 Å². The van der Waals surface area contributed by atoms with E-state index < -0.39 is 5.97 Å². The molecule has 1 amide bonds. The zero-order chi connectivity index (χ0) is 12.0. The summed E-state index contributed by atoms with van der Waals surface area (Å²) < 4.78 is 0. The number of carboxylic acid groups (broad SMARTS) is 1. The second kappa shape index (κ2) is 6.27. The molecule has 1 fully saturated rings. The first-order chi connectivity index (χ1) is 7.63. The Morgan fingerprint density at radius 2 is 2.31 bits per heavy atom. The first-order valence-electron chi connectivity index (χ1n) is 5.46. The number of amides is 1. The van der Waals surface area contributed by atoms with E-state index in [-0.39, 0.29) is 18.4 Å². The molecule has 0 aromatic carbocycles. The van der Waals surface area contributed by atoms with Crippen molar-refractivity contribution >= 4 is 11.9 Å². The molecular formula is C11H18N2O3. The standard InChI is InChI=1S/C11H18N2O3/c1-2-5-12-10(14)8-13-6-3-4-9(7-13)11(15)16/h2,9H,1,3-8H2,(H,12,14)(H,15,16).